The molecule has 0 spiro atoms. The lowest BCUT2D eigenvalue weighted by molar-refractivity contribution is -0.140. The largest absolute Gasteiger partial charge is 0.480 e. The first-order valence-electron chi connectivity index (χ1n) is 8.94. The number of halogens is 3. The quantitative estimate of drug-likeness (QED) is 0.848. The smallest absolute Gasteiger partial charge is 0.405 e. The molecule has 4 rings (SSSR count). The number of hydrogen-bond acceptors (Lipinski definition) is 3. The van der Waals surface area contributed by atoms with E-state index in [1.54, 1.807) is 35.8 Å². The number of carbonyl (C=O) groups is 2. The molecule has 1 aromatic heterocycles. The van der Waals surface area contributed by atoms with E-state index in [0.29, 0.717) is 27.9 Å². The van der Waals surface area contributed by atoms with Crippen LogP contribution in [0.5, 0.6) is 0 Å². The second-order valence-electron chi connectivity index (χ2n) is 7.09. The van der Waals surface area contributed by atoms with Gasteiger partial charge in [-0.25, -0.2) is 0 Å². The Morgan fingerprint density at radius 1 is 1.21 bits per heavy atom. The maximum atomic E-state index is 13.1. The molecular formula is C21H17F3N2O3. The molecule has 0 saturated carbocycles. The van der Waals surface area contributed by atoms with Crippen LogP contribution in [0.15, 0.2) is 53.8 Å². The number of fused-ring (bicyclic) bond motifs is 2. The molecule has 1 N–H and O–H groups in total. The number of nitrogens with zero attached hydrogens (tertiary/aromatic N) is 2. The number of carbonyl (C=O) groups excluding carboxylic acids is 1. The number of aliphatic carboxylic acids is 1. The molecule has 2 aliphatic rings. The SMILES string of the molecule is Cc1c(C2=C3C=CC(=O)C=C3N(CC(F)(F)F)C2)c2ccccc2n1CC(=O)O. The third-order valence-electron chi connectivity index (χ3n) is 5.18. The summed E-state index contributed by atoms with van der Waals surface area (Å²) in [5.74, 6) is -1.37. The van der Waals surface area contributed by atoms with Gasteiger partial charge in [-0.2, -0.15) is 13.2 Å². The Morgan fingerprint density at radius 3 is 2.62 bits per heavy atom. The Balaban J connectivity index is 1.92. The Bertz CT molecular complexity index is 1140. The van der Waals surface area contributed by atoms with E-state index in [0.717, 1.165) is 10.3 Å². The zero-order chi connectivity index (χ0) is 20.9. The minimum absolute atomic E-state index is 0.0137. The van der Waals surface area contributed by atoms with E-state index in [1.165, 1.54) is 12.2 Å². The first-order valence-corrected chi connectivity index (χ1v) is 8.94. The summed E-state index contributed by atoms with van der Waals surface area (Å²) in [7, 11) is 0. The van der Waals surface area contributed by atoms with Gasteiger partial charge in [0.25, 0.3) is 0 Å². The van der Waals surface area contributed by atoms with Crippen molar-refractivity contribution in [3.63, 3.8) is 0 Å². The lowest BCUT2D eigenvalue weighted by Gasteiger charge is -2.23. The Hall–Kier alpha value is -3.29. The minimum Gasteiger partial charge on any atom is -0.480 e. The van der Waals surface area contributed by atoms with Gasteiger partial charge in [-0.3, -0.25) is 9.59 Å². The summed E-state index contributed by atoms with van der Waals surface area (Å²) in [5, 5.41) is 10.1. The average molecular weight is 402 g/mol. The molecule has 0 unspecified atom stereocenters. The molecule has 0 radical (unpaired) electrons. The Labute approximate surface area is 164 Å². The second-order valence-corrected chi connectivity index (χ2v) is 7.09. The number of benzene rings is 1. The number of ketones is 1. The van der Waals surface area contributed by atoms with Crippen molar-refractivity contribution in [3.05, 3.63) is 65.0 Å². The highest BCUT2D eigenvalue weighted by molar-refractivity contribution is 6.06. The van der Waals surface area contributed by atoms with Crippen LogP contribution in [0, 0.1) is 6.92 Å². The van der Waals surface area contributed by atoms with Crippen LogP contribution < -0.4 is 0 Å². The van der Waals surface area contributed by atoms with E-state index in [2.05, 4.69) is 0 Å². The predicted molar refractivity (Wildman–Crippen MR) is 101 cm³/mol. The minimum atomic E-state index is -4.42. The summed E-state index contributed by atoms with van der Waals surface area (Å²) in [6, 6.07) is 7.22. The molecule has 5 nitrogen and oxygen atoms in total. The fourth-order valence-corrected chi connectivity index (χ4v) is 4.11. The topological polar surface area (TPSA) is 62.5 Å². The van der Waals surface area contributed by atoms with Crippen molar-refractivity contribution in [3.8, 4) is 0 Å². The number of aromatic nitrogens is 1. The first-order chi connectivity index (χ1) is 13.7. The van der Waals surface area contributed by atoms with Crippen LogP contribution in [0.1, 0.15) is 11.3 Å². The van der Waals surface area contributed by atoms with Gasteiger partial charge in [-0.05, 0) is 30.7 Å². The van der Waals surface area contributed by atoms with Gasteiger partial charge in [0.05, 0.1) is 0 Å². The molecule has 8 heteroatoms. The van der Waals surface area contributed by atoms with Crippen LogP contribution in [0.25, 0.3) is 16.5 Å². The van der Waals surface area contributed by atoms with Gasteiger partial charge in [0, 0.05) is 46.1 Å². The number of alkyl halides is 3. The number of carboxylic acid groups (broad SMARTS) is 1. The summed E-state index contributed by atoms with van der Waals surface area (Å²) in [5.41, 5.74) is 3.55. The maximum Gasteiger partial charge on any atom is 0.405 e. The van der Waals surface area contributed by atoms with Crippen molar-refractivity contribution < 1.29 is 27.9 Å². The number of para-hydroxylation sites is 1. The molecule has 1 aromatic carbocycles. The van der Waals surface area contributed by atoms with E-state index in [9.17, 15) is 27.9 Å². The van der Waals surface area contributed by atoms with Gasteiger partial charge >= 0.3 is 12.1 Å². The molecular weight excluding hydrogens is 385 g/mol. The van der Waals surface area contributed by atoms with Crippen molar-refractivity contribution in [1.82, 2.24) is 9.47 Å². The number of hydrogen-bond donors (Lipinski definition) is 1. The lowest BCUT2D eigenvalue weighted by atomic mass is 9.96. The monoisotopic (exact) mass is 402 g/mol. The molecule has 29 heavy (non-hydrogen) atoms. The molecule has 2 heterocycles. The van der Waals surface area contributed by atoms with Crippen molar-refractivity contribution >= 4 is 28.2 Å². The van der Waals surface area contributed by atoms with Crippen LogP contribution in [0.4, 0.5) is 13.2 Å². The summed E-state index contributed by atoms with van der Waals surface area (Å²) in [6.45, 7) is 0.331. The molecule has 0 amide bonds. The zero-order valence-electron chi connectivity index (χ0n) is 15.5. The van der Waals surface area contributed by atoms with Crippen LogP contribution >= 0.6 is 0 Å². The fourth-order valence-electron chi connectivity index (χ4n) is 4.11. The lowest BCUT2D eigenvalue weighted by Crippen LogP contribution is -2.32. The van der Waals surface area contributed by atoms with Crippen LogP contribution in [-0.2, 0) is 16.1 Å². The summed E-state index contributed by atoms with van der Waals surface area (Å²) < 4.78 is 41.0. The molecule has 0 bridgehead atoms. The highest BCUT2D eigenvalue weighted by Crippen LogP contribution is 2.42. The molecule has 0 fully saturated rings. The third-order valence-corrected chi connectivity index (χ3v) is 5.18. The predicted octanol–water partition coefficient (Wildman–Crippen LogP) is 3.69. The van der Waals surface area contributed by atoms with Crippen molar-refractivity contribution in [1.29, 1.82) is 0 Å². The van der Waals surface area contributed by atoms with E-state index in [-0.39, 0.29) is 24.6 Å². The highest BCUT2D eigenvalue weighted by Gasteiger charge is 2.38. The highest BCUT2D eigenvalue weighted by atomic mass is 19.4. The zero-order valence-corrected chi connectivity index (χ0v) is 15.5. The number of allylic oxidation sites excluding steroid dienone is 3. The van der Waals surface area contributed by atoms with Gasteiger partial charge in [0.15, 0.2) is 5.78 Å². The van der Waals surface area contributed by atoms with Crippen LogP contribution in [0.2, 0.25) is 0 Å². The maximum absolute atomic E-state index is 13.1. The number of carboxylic acids is 1. The van der Waals surface area contributed by atoms with E-state index in [4.69, 9.17) is 0 Å². The Kier molecular flexibility index (Phi) is 4.37. The number of rotatable bonds is 4. The first kappa shape index (κ1) is 19.0. The van der Waals surface area contributed by atoms with Gasteiger partial charge < -0.3 is 14.6 Å². The average Bonchev–Trinajstić information content (AvgIpc) is 3.09. The van der Waals surface area contributed by atoms with Gasteiger partial charge in [0.1, 0.15) is 13.1 Å². The molecule has 0 saturated heterocycles. The van der Waals surface area contributed by atoms with Crippen LogP contribution in [0.3, 0.4) is 0 Å². The summed E-state index contributed by atoms with van der Waals surface area (Å²) in [6.07, 6.45) is -0.314. The molecule has 0 atom stereocenters. The molecule has 2 aromatic rings. The standard InChI is InChI=1S/C21H17F3N2O3/c1-12-20(15-4-2-3-5-17(15)26(12)10-19(28)29)16-9-25(11-21(22,23)24)18-8-13(27)6-7-14(16)18/h2-8H,9-11H2,1H3,(H,28,29). The summed E-state index contributed by atoms with van der Waals surface area (Å²) in [4.78, 5) is 24.3. The molecule has 1 aliphatic heterocycles. The van der Waals surface area contributed by atoms with Gasteiger partial charge in [-0.1, -0.05) is 18.2 Å². The van der Waals surface area contributed by atoms with Crippen LogP contribution in [-0.4, -0.2) is 45.6 Å². The normalized spacial score (nSPS) is 16.6. The van der Waals surface area contributed by atoms with E-state index < -0.39 is 18.7 Å². The van der Waals surface area contributed by atoms with E-state index in [1.807, 2.05) is 6.07 Å². The van der Waals surface area contributed by atoms with Gasteiger partial charge in [0.2, 0.25) is 0 Å². The fraction of sp³-hybridized carbons (Fsp3) is 0.238. The second kappa shape index (κ2) is 6.65. The molecule has 1 aliphatic carbocycles. The third kappa shape index (κ3) is 3.35. The van der Waals surface area contributed by atoms with Gasteiger partial charge in [-0.15, -0.1) is 0 Å². The summed E-state index contributed by atoms with van der Waals surface area (Å²) >= 11 is 0. The van der Waals surface area contributed by atoms with Crippen molar-refractivity contribution in [2.75, 3.05) is 13.1 Å². The Morgan fingerprint density at radius 2 is 1.93 bits per heavy atom. The van der Waals surface area contributed by atoms with E-state index >= 15 is 0 Å². The van der Waals surface area contributed by atoms with Crippen molar-refractivity contribution in [2.45, 2.75) is 19.6 Å². The van der Waals surface area contributed by atoms with Crippen molar-refractivity contribution in [2.24, 2.45) is 0 Å². The molecule has 150 valence electrons.